The van der Waals surface area contributed by atoms with Crippen LogP contribution in [0.15, 0.2) is 0 Å². The molecule has 0 rings (SSSR count). The van der Waals surface area contributed by atoms with Gasteiger partial charge in [-0.3, -0.25) is 0 Å². The zero-order chi connectivity index (χ0) is 11.9. The fourth-order valence-corrected chi connectivity index (χ4v) is 2.53. The Bertz CT molecular complexity index is 420. The van der Waals surface area contributed by atoms with Gasteiger partial charge in [0.05, 0.1) is 11.8 Å². The molecule has 0 radical (unpaired) electrons. The summed E-state index contributed by atoms with van der Waals surface area (Å²) in [4.78, 5) is 0. The average Bonchev–Trinajstić information content (AvgIpc) is 2.02. The van der Waals surface area contributed by atoms with E-state index in [-0.39, 0.29) is 18.8 Å². The molecule has 0 fully saturated rings. The summed E-state index contributed by atoms with van der Waals surface area (Å²) >= 11 is 0. The maximum atomic E-state index is 11.1. The van der Waals surface area contributed by atoms with Gasteiger partial charge in [-0.05, 0) is 0 Å². The largest absolute Gasteiger partial charge is 0.225 e. The van der Waals surface area contributed by atoms with Gasteiger partial charge < -0.3 is 0 Å². The summed E-state index contributed by atoms with van der Waals surface area (Å²) in [6.45, 7) is 1.64. The van der Waals surface area contributed by atoms with Gasteiger partial charge in [-0.15, -0.1) is 0 Å². The lowest BCUT2D eigenvalue weighted by molar-refractivity contribution is 0.578. The lowest BCUT2D eigenvalue weighted by Gasteiger charge is -2.05. The molecule has 0 saturated carbocycles. The summed E-state index contributed by atoms with van der Waals surface area (Å²) in [5.74, 6) is -1.01. The van der Waals surface area contributed by atoms with E-state index in [2.05, 4.69) is 4.72 Å². The Hall–Kier alpha value is -0.690. The molecule has 0 aliphatic heterocycles. The molecular formula is C6H13N3O4S2. The van der Waals surface area contributed by atoms with Crippen molar-refractivity contribution < 1.29 is 16.8 Å². The third-order valence-corrected chi connectivity index (χ3v) is 3.93. The summed E-state index contributed by atoms with van der Waals surface area (Å²) in [5, 5.41) is 8.15. The van der Waals surface area contributed by atoms with Gasteiger partial charge >= 0.3 is 0 Å². The van der Waals surface area contributed by atoms with Gasteiger partial charge in [0, 0.05) is 13.1 Å². The standard InChI is InChI=1S/C6H13N3O4S2/c1-2-8-15(12,13)6-4-9-14(10,11)5-3-7/h8-9H,2,4-6H2,1H3. The maximum absolute atomic E-state index is 11.1. The number of nitriles is 1. The number of hydrogen-bond donors (Lipinski definition) is 2. The molecule has 0 atom stereocenters. The second-order valence-corrected chi connectivity index (χ2v) is 6.36. The van der Waals surface area contributed by atoms with Crippen LogP contribution in [0.2, 0.25) is 0 Å². The summed E-state index contributed by atoms with van der Waals surface area (Å²) in [7, 11) is -7.10. The predicted molar refractivity (Wildman–Crippen MR) is 54.9 cm³/mol. The van der Waals surface area contributed by atoms with E-state index in [0.717, 1.165) is 0 Å². The number of hydrogen-bond acceptors (Lipinski definition) is 5. The molecule has 7 nitrogen and oxygen atoms in total. The van der Waals surface area contributed by atoms with Crippen molar-refractivity contribution in [2.45, 2.75) is 6.92 Å². The van der Waals surface area contributed by atoms with Gasteiger partial charge in [0.2, 0.25) is 20.0 Å². The highest BCUT2D eigenvalue weighted by atomic mass is 32.2. The molecule has 88 valence electrons. The molecule has 0 aromatic carbocycles. The van der Waals surface area contributed by atoms with E-state index in [0.29, 0.717) is 0 Å². The molecular weight excluding hydrogens is 242 g/mol. The van der Waals surface area contributed by atoms with Crippen LogP contribution in [0, 0.1) is 11.3 Å². The minimum absolute atomic E-state index is 0.237. The second kappa shape index (κ2) is 6.02. The molecule has 0 aromatic heterocycles. The van der Waals surface area contributed by atoms with E-state index in [4.69, 9.17) is 5.26 Å². The van der Waals surface area contributed by atoms with E-state index >= 15 is 0 Å². The Labute approximate surface area is 89.6 Å². The lowest BCUT2D eigenvalue weighted by atomic mass is 10.8. The minimum Gasteiger partial charge on any atom is -0.215 e. The topological polar surface area (TPSA) is 116 Å². The van der Waals surface area contributed by atoms with Crippen LogP contribution in [0.1, 0.15) is 6.92 Å². The summed E-state index contributed by atoms with van der Waals surface area (Å²) in [5.41, 5.74) is 0. The van der Waals surface area contributed by atoms with Crippen molar-refractivity contribution in [3.05, 3.63) is 0 Å². The first-order chi connectivity index (χ1) is 6.83. The van der Waals surface area contributed by atoms with Crippen LogP contribution in [0.5, 0.6) is 0 Å². The molecule has 15 heavy (non-hydrogen) atoms. The molecule has 0 amide bonds. The van der Waals surface area contributed by atoms with Crippen molar-refractivity contribution in [2.24, 2.45) is 0 Å². The van der Waals surface area contributed by atoms with Crippen LogP contribution in [-0.4, -0.2) is 41.4 Å². The van der Waals surface area contributed by atoms with Gasteiger partial charge in [0.1, 0.15) is 0 Å². The quantitative estimate of drug-likeness (QED) is 0.566. The first-order valence-electron chi connectivity index (χ1n) is 4.14. The summed E-state index contributed by atoms with van der Waals surface area (Å²) in [6, 6.07) is 1.47. The van der Waals surface area contributed by atoms with Gasteiger partial charge in [-0.2, -0.15) is 5.26 Å². The molecule has 2 N–H and O–H groups in total. The molecule has 0 saturated heterocycles. The normalized spacial score (nSPS) is 12.3. The van der Waals surface area contributed by atoms with Crippen LogP contribution in [0.25, 0.3) is 0 Å². The van der Waals surface area contributed by atoms with Crippen molar-refractivity contribution >= 4 is 20.0 Å². The van der Waals surface area contributed by atoms with Gasteiger partial charge in [-0.25, -0.2) is 26.3 Å². The SMILES string of the molecule is CCNS(=O)(=O)CCNS(=O)(=O)CC#N. The maximum Gasteiger partial charge on any atom is 0.225 e. The highest BCUT2D eigenvalue weighted by molar-refractivity contribution is 7.90. The zero-order valence-electron chi connectivity index (χ0n) is 8.23. The summed E-state index contributed by atoms with van der Waals surface area (Å²) < 4.78 is 48.2. The molecule has 0 heterocycles. The van der Waals surface area contributed by atoms with Gasteiger partial charge in [0.15, 0.2) is 5.75 Å². The second-order valence-electron chi connectivity index (χ2n) is 2.63. The van der Waals surface area contributed by atoms with E-state index < -0.39 is 25.8 Å². The molecule has 9 heteroatoms. The van der Waals surface area contributed by atoms with Crippen LogP contribution < -0.4 is 9.44 Å². The zero-order valence-corrected chi connectivity index (χ0v) is 9.86. The molecule has 0 bridgehead atoms. The Morgan fingerprint density at radius 1 is 1.13 bits per heavy atom. The Morgan fingerprint density at radius 2 is 1.73 bits per heavy atom. The first-order valence-corrected chi connectivity index (χ1v) is 7.45. The van der Waals surface area contributed by atoms with Crippen molar-refractivity contribution in [1.29, 1.82) is 5.26 Å². The van der Waals surface area contributed by atoms with Crippen LogP contribution in [0.4, 0.5) is 0 Å². The monoisotopic (exact) mass is 255 g/mol. The fourth-order valence-electron chi connectivity index (χ4n) is 0.760. The third kappa shape index (κ3) is 7.26. The Kier molecular flexibility index (Phi) is 5.74. The van der Waals surface area contributed by atoms with E-state index in [1.807, 2.05) is 4.72 Å². The van der Waals surface area contributed by atoms with E-state index in [1.54, 1.807) is 6.92 Å². The summed E-state index contributed by atoms with van der Waals surface area (Å²) in [6.07, 6.45) is 0. The van der Waals surface area contributed by atoms with Crippen LogP contribution in [-0.2, 0) is 20.0 Å². The molecule has 0 spiro atoms. The highest BCUT2D eigenvalue weighted by Crippen LogP contribution is 1.85. The lowest BCUT2D eigenvalue weighted by Crippen LogP contribution is -2.35. The van der Waals surface area contributed by atoms with Crippen molar-refractivity contribution in [3.63, 3.8) is 0 Å². The number of sulfonamides is 2. The smallest absolute Gasteiger partial charge is 0.215 e. The highest BCUT2D eigenvalue weighted by Gasteiger charge is 2.12. The van der Waals surface area contributed by atoms with Gasteiger partial charge in [-0.1, -0.05) is 6.92 Å². The third-order valence-electron chi connectivity index (χ3n) is 1.31. The molecule has 0 unspecified atom stereocenters. The average molecular weight is 255 g/mol. The fraction of sp³-hybridized carbons (Fsp3) is 0.833. The molecule has 0 aliphatic rings. The first kappa shape index (κ1) is 14.3. The predicted octanol–water partition coefficient (Wildman–Crippen LogP) is -1.63. The van der Waals surface area contributed by atoms with E-state index in [1.165, 1.54) is 6.07 Å². The van der Waals surface area contributed by atoms with E-state index in [9.17, 15) is 16.8 Å². The molecule has 0 aliphatic carbocycles. The van der Waals surface area contributed by atoms with Gasteiger partial charge in [0.25, 0.3) is 0 Å². The van der Waals surface area contributed by atoms with Crippen LogP contribution in [0.3, 0.4) is 0 Å². The number of rotatable bonds is 7. The molecule has 0 aromatic rings. The van der Waals surface area contributed by atoms with Crippen molar-refractivity contribution in [3.8, 4) is 6.07 Å². The van der Waals surface area contributed by atoms with Crippen molar-refractivity contribution in [1.82, 2.24) is 9.44 Å². The Morgan fingerprint density at radius 3 is 2.20 bits per heavy atom. The number of nitrogens with one attached hydrogen (secondary N) is 2. The Balaban J connectivity index is 4.07. The minimum atomic E-state index is -3.67. The number of nitrogens with zero attached hydrogens (tertiary/aromatic N) is 1. The van der Waals surface area contributed by atoms with Crippen LogP contribution >= 0.6 is 0 Å². The van der Waals surface area contributed by atoms with Crippen molar-refractivity contribution in [2.75, 3.05) is 24.6 Å².